The highest BCUT2D eigenvalue weighted by Crippen LogP contribution is 2.37. The van der Waals surface area contributed by atoms with Crippen molar-refractivity contribution in [2.75, 3.05) is 37.7 Å². The topological polar surface area (TPSA) is 150 Å². The number of imide groups is 2. The lowest BCUT2D eigenvalue weighted by atomic mass is 10.1. The van der Waals surface area contributed by atoms with Crippen LogP contribution in [0.3, 0.4) is 0 Å². The molecule has 1 aliphatic heterocycles. The minimum absolute atomic E-state index is 0.0463. The van der Waals surface area contributed by atoms with Gasteiger partial charge in [-0.3, -0.25) is 19.7 Å². The zero-order chi connectivity index (χ0) is 31.1. The molecule has 0 aliphatic carbocycles. The number of rotatable bonds is 10. The molecular weight excluding hydrogens is 582 g/mol. The summed E-state index contributed by atoms with van der Waals surface area (Å²) in [4.78, 5) is 63.5. The maximum Gasteiger partial charge on any atom is 0.337 e. The Bertz CT molecular complexity index is 1600. The molecule has 3 aromatic carbocycles. The number of ether oxygens (including phenoxy) is 4. The van der Waals surface area contributed by atoms with Crippen molar-refractivity contribution in [3.63, 3.8) is 0 Å². The molecule has 1 aliphatic rings. The number of urea groups is 1. The van der Waals surface area contributed by atoms with Gasteiger partial charge in [0.15, 0.2) is 18.1 Å². The maximum atomic E-state index is 13.3. The van der Waals surface area contributed by atoms with Gasteiger partial charge in [0.05, 0.1) is 37.1 Å². The highest BCUT2D eigenvalue weighted by molar-refractivity contribution is 6.39. The summed E-state index contributed by atoms with van der Waals surface area (Å²) in [6, 6.07) is 14.2. The van der Waals surface area contributed by atoms with E-state index in [4.69, 9.17) is 25.8 Å². The van der Waals surface area contributed by atoms with Gasteiger partial charge < -0.3 is 24.3 Å². The third-order valence-corrected chi connectivity index (χ3v) is 6.29. The summed E-state index contributed by atoms with van der Waals surface area (Å²) in [5.41, 5.74) is 0.801. The summed E-state index contributed by atoms with van der Waals surface area (Å²) in [5, 5.41) is 4.87. The number of carbonyl (C=O) groups excluding carboxylic acids is 5. The Labute approximate surface area is 251 Å². The van der Waals surface area contributed by atoms with Crippen LogP contribution in [0, 0.1) is 0 Å². The first-order chi connectivity index (χ1) is 20.6. The monoisotopic (exact) mass is 607 g/mol. The van der Waals surface area contributed by atoms with Crippen LogP contribution in [0.2, 0.25) is 5.02 Å². The zero-order valence-corrected chi connectivity index (χ0v) is 24.0. The number of halogens is 1. The predicted octanol–water partition coefficient (Wildman–Crippen LogP) is 4.22. The third-order valence-electron chi connectivity index (χ3n) is 6.01. The molecule has 0 saturated carbocycles. The molecule has 5 amide bonds. The first kappa shape index (κ1) is 30.6. The second-order valence-electron chi connectivity index (χ2n) is 8.82. The van der Waals surface area contributed by atoms with Crippen molar-refractivity contribution in [1.29, 1.82) is 0 Å². The van der Waals surface area contributed by atoms with Crippen molar-refractivity contribution in [2.24, 2.45) is 0 Å². The van der Waals surface area contributed by atoms with E-state index in [-0.39, 0.29) is 52.1 Å². The molecule has 1 heterocycles. The number of carbonyl (C=O) groups is 5. The smallest absolute Gasteiger partial charge is 0.337 e. The molecule has 2 N–H and O–H groups in total. The summed E-state index contributed by atoms with van der Waals surface area (Å²) in [6.45, 7) is 1.55. The molecule has 13 heteroatoms. The van der Waals surface area contributed by atoms with Crippen molar-refractivity contribution in [1.82, 2.24) is 5.32 Å². The molecule has 0 bridgehead atoms. The van der Waals surface area contributed by atoms with Crippen LogP contribution in [-0.2, 0) is 19.1 Å². The van der Waals surface area contributed by atoms with Gasteiger partial charge in [0.1, 0.15) is 11.3 Å². The number of nitrogens with one attached hydrogen (secondary N) is 2. The van der Waals surface area contributed by atoms with Gasteiger partial charge in [0, 0.05) is 5.69 Å². The van der Waals surface area contributed by atoms with Gasteiger partial charge in [-0.15, -0.1) is 0 Å². The molecule has 222 valence electrons. The Morgan fingerprint density at radius 2 is 1.67 bits per heavy atom. The van der Waals surface area contributed by atoms with E-state index >= 15 is 0 Å². The molecule has 1 saturated heterocycles. The Hall–Kier alpha value is -5.36. The average Bonchev–Trinajstić information content (AvgIpc) is 2.99. The van der Waals surface area contributed by atoms with Crippen molar-refractivity contribution >= 4 is 58.8 Å². The van der Waals surface area contributed by atoms with E-state index in [1.54, 1.807) is 31.2 Å². The molecule has 0 aromatic heterocycles. The van der Waals surface area contributed by atoms with E-state index in [9.17, 15) is 24.0 Å². The first-order valence-electron chi connectivity index (χ1n) is 12.8. The lowest BCUT2D eigenvalue weighted by Gasteiger charge is -2.26. The van der Waals surface area contributed by atoms with Crippen LogP contribution in [-0.4, -0.2) is 57.2 Å². The molecule has 1 fully saturated rings. The minimum atomic E-state index is -0.956. The van der Waals surface area contributed by atoms with Crippen molar-refractivity contribution in [3.05, 3.63) is 82.4 Å². The van der Waals surface area contributed by atoms with Crippen molar-refractivity contribution in [3.8, 4) is 17.2 Å². The van der Waals surface area contributed by atoms with E-state index in [1.807, 2.05) is 0 Å². The Morgan fingerprint density at radius 1 is 0.977 bits per heavy atom. The predicted molar refractivity (Wildman–Crippen MR) is 157 cm³/mol. The maximum absolute atomic E-state index is 13.3. The van der Waals surface area contributed by atoms with Crippen LogP contribution >= 0.6 is 11.6 Å². The highest BCUT2D eigenvalue weighted by atomic mass is 35.5. The van der Waals surface area contributed by atoms with Gasteiger partial charge in [-0.2, -0.15) is 0 Å². The number of nitrogens with zero attached hydrogens (tertiary/aromatic N) is 1. The highest BCUT2D eigenvalue weighted by Gasteiger charge is 2.37. The summed E-state index contributed by atoms with van der Waals surface area (Å²) >= 11 is 6.47. The van der Waals surface area contributed by atoms with E-state index in [0.717, 1.165) is 4.90 Å². The number of anilines is 2. The van der Waals surface area contributed by atoms with Gasteiger partial charge >= 0.3 is 12.0 Å². The second kappa shape index (κ2) is 13.5. The Morgan fingerprint density at radius 3 is 2.30 bits per heavy atom. The van der Waals surface area contributed by atoms with Crippen molar-refractivity contribution < 1.29 is 42.9 Å². The van der Waals surface area contributed by atoms with E-state index in [1.165, 1.54) is 56.7 Å². The number of barbiturate groups is 1. The minimum Gasteiger partial charge on any atom is -0.497 e. The standard InChI is InChI=1S/C30H26ClN3O9/c1-4-42-24-15-17(14-23(31)26(24)43-16-25(35)32-19-7-11-21(40-2)12-8-19)13-22-27(36)33-30(39)34(28(22)37)20-9-5-18(6-10-20)29(38)41-3/h5-15H,4,16H2,1-3H3,(H,32,35)(H,33,36,39)/b22-13-. The van der Waals surface area contributed by atoms with Gasteiger partial charge in [-0.25, -0.2) is 14.5 Å². The van der Waals surface area contributed by atoms with E-state index in [2.05, 4.69) is 15.4 Å². The van der Waals surface area contributed by atoms with Crippen molar-refractivity contribution in [2.45, 2.75) is 6.92 Å². The zero-order valence-electron chi connectivity index (χ0n) is 23.3. The van der Waals surface area contributed by atoms with E-state index in [0.29, 0.717) is 11.4 Å². The normalized spacial score (nSPS) is 13.8. The second-order valence-corrected chi connectivity index (χ2v) is 9.23. The van der Waals surface area contributed by atoms with Gasteiger partial charge in [0.25, 0.3) is 17.7 Å². The quantitative estimate of drug-likeness (QED) is 0.196. The van der Waals surface area contributed by atoms with Crippen LogP contribution in [0.25, 0.3) is 6.08 Å². The van der Waals surface area contributed by atoms with Gasteiger partial charge in [0.2, 0.25) is 0 Å². The summed E-state index contributed by atoms with van der Waals surface area (Å²) in [7, 11) is 2.76. The van der Waals surface area contributed by atoms with Crippen LogP contribution in [0.5, 0.6) is 17.2 Å². The number of benzene rings is 3. The van der Waals surface area contributed by atoms with Crippen LogP contribution in [0.1, 0.15) is 22.8 Å². The molecule has 0 unspecified atom stereocenters. The fourth-order valence-electron chi connectivity index (χ4n) is 4.01. The summed E-state index contributed by atoms with van der Waals surface area (Å²) < 4.78 is 21.1. The summed E-state index contributed by atoms with van der Waals surface area (Å²) in [5.74, 6) is -1.98. The SMILES string of the molecule is CCOc1cc(/C=C2/C(=O)NC(=O)N(c3ccc(C(=O)OC)cc3)C2=O)cc(Cl)c1OCC(=O)Nc1ccc(OC)cc1. The number of amides is 5. The molecule has 12 nitrogen and oxygen atoms in total. The molecule has 4 rings (SSSR count). The average molecular weight is 608 g/mol. The number of esters is 1. The Balaban J connectivity index is 1.55. The fraction of sp³-hybridized carbons (Fsp3) is 0.167. The molecule has 0 spiro atoms. The van der Waals surface area contributed by atoms with Crippen LogP contribution < -0.4 is 29.7 Å². The first-order valence-corrected chi connectivity index (χ1v) is 13.2. The molecule has 43 heavy (non-hydrogen) atoms. The Kier molecular flexibility index (Phi) is 9.63. The third kappa shape index (κ3) is 7.11. The molecular formula is C30H26ClN3O9. The number of methoxy groups -OCH3 is 2. The van der Waals surface area contributed by atoms with Gasteiger partial charge in [-0.05, 0) is 79.2 Å². The summed E-state index contributed by atoms with van der Waals surface area (Å²) in [6.07, 6.45) is 1.24. The largest absolute Gasteiger partial charge is 0.497 e. The lowest BCUT2D eigenvalue weighted by Crippen LogP contribution is -2.54. The van der Waals surface area contributed by atoms with Gasteiger partial charge in [-0.1, -0.05) is 11.6 Å². The molecule has 3 aromatic rings. The fourth-order valence-corrected chi connectivity index (χ4v) is 4.28. The van der Waals surface area contributed by atoms with Crippen LogP contribution in [0.4, 0.5) is 16.2 Å². The number of hydrogen-bond donors (Lipinski definition) is 2. The van der Waals surface area contributed by atoms with E-state index < -0.39 is 29.7 Å². The molecule has 0 radical (unpaired) electrons. The lowest BCUT2D eigenvalue weighted by molar-refractivity contribution is -0.122. The molecule has 0 atom stereocenters. The van der Waals surface area contributed by atoms with Crippen LogP contribution in [0.15, 0.2) is 66.2 Å². The number of hydrogen-bond acceptors (Lipinski definition) is 9.